The Kier molecular flexibility index (Phi) is 8.54. The molecule has 0 aliphatic carbocycles. The molecule has 0 N–H and O–H groups in total. The van der Waals surface area contributed by atoms with E-state index in [2.05, 4.69) is 37.0 Å². The van der Waals surface area contributed by atoms with Crippen LogP contribution in [0.2, 0.25) is 0 Å². The van der Waals surface area contributed by atoms with E-state index in [1.54, 1.807) is 6.20 Å². The molecule has 0 aliphatic heterocycles. The van der Waals surface area contributed by atoms with E-state index >= 15 is 0 Å². The van der Waals surface area contributed by atoms with Crippen molar-refractivity contribution < 1.29 is 9.53 Å². The molecule has 7 heteroatoms. The molecule has 0 saturated carbocycles. The third-order valence-corrected chi connectivity index (χ3v) is 4.17. The van der Waals surface area contributed by atoms with Crippen molar-refractivity contribution in [3.05, 3.63) is 25.5 Å². The zero-order valence-corrected chi connectivity index (χ0v) is 17.3. The van der Waals surface area contributed by atoms with Gasteiger partial charge in [0, 0.05) is 0 Å². The van der Waals surface area contributed by atoms with Crippen molar-refractivity contribution in [1.82, 2.24) is 9.78 Å². The normalized spacial score (nSPS) is 11.2. The summed E-state index contributed by atoms with van der Waals surface area (Å²) in [6, 6.07) is 0.0851. The minimum Gasteiger partial charge on any atom is -0.460 e. The summed E-state index contributed by atoms with van der Waals surface area (Å²) in [7, 11) is 0. The SMILES string of the molecule is CC(C)C(=O)OC(C)(C)C.CC(C)n1ncc(Br)c(Br)c1=O. The molecule has 0 amide bonds. The molecule has 1 rings (SSSR count). The summed E-state index contributed by atoms with van der Waals surface area (Å²) in [6.07, 6.45) is 1.60. The predicted octanol–water partition coefficient (Wildman–Crippen LogP) is 4.33. The molecule has 0 unspecified atom stereocenters. The molecule has 22 heavy (non-hydrogen) atoms. The Morgan fingerprint density at radius 3 is 2.05 bits per heavy atom. The molecule has 126 valence electrons. The van der Waals surface area contributed by atoms with E-state index in [-0.39, 0.29) is 29.1 Å². The molecule has 0 bridgehead atoms. The number of hydrogen-bond donors (Lipinski definition) is 0. The van der Waals surface area contributed by atoms with Gasteiger partial charge in [0.1, 0.15) is 10.1 Å². The number of carbonyl (C=O) groups excluding carboxylic acids is 1. The van der Waals surface area contributed by atoms with Crippen LogP contribution in [0.25, 0.3) is 0 Å². The van der Waals surface area contributed by atoms with Gasteiger partial charge in [-0.2, -0.15) is 5.10 Å². The second-order valence-corrected chi connectivity index (χ2v) is 7.99. The van der Waals surface area contributed by atoms with Gasteiger partial charge in [0.2, 0.25) is 0 Å². The van der Waals surface area contributed by atoms with E-state index in [0.717, 1.165) is 0 Å². The maximum atomic E-state index is 11.5. The monoisotopic (exact) mass is 438 g/mol. The number of carbonyl (C=O) groups is 1. The maximum absolute atomic E-state index is 11.5. The van der Waals surface area contributed by atoms with Crippen LogP contribution >= 0.6 is 31.9 Å². The van der Waals surface area contributed by atoms with Crippen molar-refractivity contribution in [2.24, 2.45) is 5.92 Å². The first-order valence-corrected chi connectivity index (χ1v) is 8.61. The van der Waals surface area contributed by atoms with Crippen LogP contribution in [0, 0.1) is 5.92 Å². The van der Waals surface area contributed by atoms with Crippen molar-refractivity contribution in [2.45, 2.75) is 60.1 Å². The summed E-state index contributed by atoms with van der Waals surface area (Å²) in [5, 5.41) is 3.97. The topological polar surface area (TPSA) is 61.2 Å². The molecular formula is C15H24Br2N2O3. The number of aromatic nitrogens is 2. The lowest BCUT2D eigenvalue weighted by Crippen LogP contribution is -2.26. The van der Waals surface area contributed by atoms with Crippen LogP contribution < -0.4 is 5.56 Å². The Balaban J connectivity index is 0.000000409. The fourth-order valence-electron chi connectivity index (χ4n) is 1.21. The van der Waals surface area contributed by atoms with Gasteiger partial charge in [0.05, 0.1) is 22.6 Å². The lowest BCUT2D eigenvalue weighted by atomic mass is 10.1. The van der Waals surface area contributed by atoms with Crippen molar-refractivity contribution in [2.75, 3.05) is 0 Å². The van der Waals surface area contributed by atoms with E-state index in [1.165, 1.54) is 4.68 Å². The fraction of sp³-hybridized carbons (Fsp3) is 0.667. The first kappa shape index (κ1) is 21.3. The van der Waals surface area contributed by atoms with Gasteiger partial charge in [0.25, 0.3) is 5.56 Å². The van der Waals surface area contributed by atoms with Crippen LogP contribution in [0.1, 0.15) is 54.5 Å². The second kappa shape index (κ2) is 8.82. The van der Waals surface area contributed by atoms with Gasteiger partial charge >= 0.3 is 5.97 Å². The van der Waals surface area contributed by atoms with Gasteiger partial charge in [0.15, 0.2) is 0 Å². The second-order valence-electron chi connectivity index (χ2n) is 6.34. The molecular weight excluding hydrogens is 416 g/mol. The summed E-state index contributed by atoms with van der Waals surface area (Å²) < 4.78 is 7.69. The fourth-order valence-corrected chi connectivity index (χ4v) is 1.76. The first-order chi connectivity index (χ1) is 9.86. The van der Waals surface area contributed by atoms with Gasteiger partial charge in [-0.25, -0.2) is 4.68 Å². The number of ether oxygens (including phenoxy) is 1. The van der Waals surface area contributed by atoms with Gasteiger partial charge in [-0.15, -0.1) is 0 Å². The summed E-state index contributed by atoms with van der Waals surface area (Å²) in [5.41, 5.74) is -0.458. The minimum atomic E-state index is -0.346. The highest BCUT2D eigenvalue weighted by molar-refractivity contribution is 9.13. The van der Waals surface area contributed by atoms with Crippen molar-refractivity contribution in [3.8, 4) is 0 Å². The van der Waals surface area contributed by atoms with Crippen molar-refractivity contribution >= 4 is 37.8 Å². The zero-order valence-electron chi connectivity index (χ0n) is 14.1. The van der Waals surface area contributed by atoms with Crippen LogP contribution in [0.5, 0.6) is 0 Å². The highest BCUT2D eigenvalue weighted by Gasteiger charge is 2.18. The molecule has 1 heterocycles. The molecule has 0 atom stereocenters. The number of nitrogens with zero attached hydrogens (tertiary/aromatic N) is 2. The highest BCUT2D eigenvalue weighted by Crippen LogP contribution is 2.17. The Morgan fingerprint density at radius 2 is 1.73 bits per heavy atom. The molecule has 0 aliphatic rings. The van der Waals surface area contributed by atoms with Gasteiger partial charge in [-0.05, 0) is 66.5 Å². The molecule has 0 saturated heterocycles. The first-order valence-electron chi connectivity index (χ1n) is 7.02. The lowest BCUT2D eigenvalue weighted by Gasteiger charge is -2.20. The quantitative estimate of drug-likeness (QED) is 0.643. The Hall–Kier alpha value is -0.690. The third kappa shape index (κ3) is 7.54. The van der Waals surface area contributed by atoms with Gasteiger partial charge in [-0.3, -0.25) is 9.59 Å². The van der Waals surface area contributed by atoms with Crippen LogP contribution in [0.4, 0.5) is 0 Å². The van der Waals surface area contributed by atoms with Crippen molar-refractivity contribution in [1.29, 1.82) is 0 Å². The molecule has 5 nitrogen and oxygen atoms in total. The summed E-state index contributed by atoms with van der Waals surface area (Å²) >= 11 is 6.38. The van der Waals surface area contributed by atoms with Crippen LogP contribution in [-0.2, 0) is 9.53 Å². The third-order valence-electron chi connectivity index (χ3n) is 2.27. The molecule has 0 radical (unpaired) electrons. The highest BCUT2D eigenvalue weighted by atomic mass is 79.9. The largest absolute Gasteiger partial charge is 0.460 e. The van der Waals surface area contributed by atoms with E-state index < -0.39 is 0 Å². The smallest absolute Gasteiger partial charge is 0.308 e. The standard InChI is InChI=1S/C8H16O2.C7H8Br2N2O/c1-6(2)7(9)10-8(3,4)5;1-4(2)11-7(12)6(9)5(8)3-10-11/h6H,1-5H3;3-4H,1-2H3. The predicted molar refractivity (Wildman–Crippen MR) is 95.0 cm³/mol. The molecule has 1 aromatic heterocycles. The van der Waals surface area contributed by atoms with E-state index in [0.29, 0.717) is 8.95 Å². The molecule has 0 fully saturated rings. The van der Waals surface area contributed by atoms with Crippen LogP contribution in [0.15, 0.2) is 19.9 Å². The van der Waals surface area contributed by atoms with E-state index in [1.807, 2.05) is 48.5 Å². The number of hydrogen-bond acceptors (Lipinski definition) is 4. The number of halogens is 2. The molecule has 0 aromatic carbocycles. The van der Waals surface area contributed by atoms with Crippen LogP contribution in [-0.4, -0.2) is 21.4 Å². The molecule has 0 spiro atoms. The Morgan fingerprint density at radius 1 is 1.23 bits per heavy atom. The number of rotatable bonds is 2. The van der Waals surface area contributed by atoms with E-state index in [4.69, 9.17) is 4.74 Å². The lowest BCUT2D eigenvalue weighted by molar-refractivity contribution is -0.158. The molecule has 1 aromatic rings. The average molecular weight is 440 g/mol. The summed E-state index contributed by atoms with van der Waals surface area (Å²) in [4.78, 5) is 22.4. The van der Waals surface area contributed by atoms with Gasteiger partial charge in [-0.1, -0.05) is 13.8 Å². The average Bonchev–Trinajstić information content (AvgIpc) is 2.34. The van der Waals surface area contributed by atoms with E-state index in [9.17, 15) is 9.59 Å². The summed E-state index contributed by atoms with van der Waals surface area (Å²) in [6.45, 7) is 13.1. The Bertz CT molecular complexity index is 561. The van der Waals surface area contributed by atoms with Crippen LogP contribution in [0.3, 0.4) is 0 Å². The minimum absolute atomic E-state index is 0.0285. The summed E-state index contributed by atoms with van der Waals surface area (Å²) in [5.74, 6) is -0.160. The van der Waals surface area contributed by atoms with Crippen molar-refractivity contribution in [3.63, 3.8) is 0 Å². The number of esters is 1. The van der Waals surface area contributed by atoms with Gasteiger partial charge < -0.3 is 4.74 Å². The maximum Gasteiger partial charge on any atom is 0.308 e. The zero-order chi connectivity index (χ0) is 17.7. The Labute approximate surface area is 148 Å².